The summed E-state index contributed by atoms with van der Waals surface area (Å²) < 4.78 is 1.84. The van der Waals surface area contributed by atoms with E-state index in [1.807, 2.05) is 24.6 Å². The fourth-order valence-corrected chi connectivity index (χ4v) is 1.92. The molecule has 0 aliphatic heterocycles. The van der Waals surface area contributed by atoms with E-state index in [-0.39, 0.29) is 6.04 Å². The summed E-state index contributed by atoms with van der Waals surface area (Å²) in [4.78, 5) is 0. The van der Waals surface area contributed by atoms with Crippen molar-refractivity contribution in [2.45, 2.75) is 13.0 Å². The van der Waals surface area contributed by atoms with Crippen molar-refractivity contribution in [2.75, 3.05) is 5.32 Å². The number of benzene rings is 1. The molecule has 0 bridgehead atoms. The molecule has 0 saturated carbocycles. The molecule has 1 aromatic carbocycles. The van der Waals surface area contributed by atoms with Gasteiger partial charge < -0.3 is 9.88 Å². The first kappa shape index (κ1) is 12.4. The second kappa shape index (κ2) is 5.07. The molecule has 1 unspecified atom stereocenters. The van der Waals surface area contributed by atoms with Crippen LogP contribution in [0.4, 0.5) is 5.69 Å². The average Bonchev–Trinajstić information content (AvgIpc) is 2.78. The Morgan fingerprint density at radius 2 is 2.28 bits per heavy atom. The van der Waals surface area contributed by atoms with E-state index in [9.17, 15) is 0 Å². The highest BCUT2D eigenvalue weighted by molar-refractivity contribution is 6.33. The van der Waals surface area contributed by atoms with Crippen LogP contribution in [0.1, 0.15) is 24.4 Å². The maximum Gasteiger partial charge on any atom is 0.154 e. The predicted molar refractivity (Wildman–Crippen MR) is 69.2 cm³/mol. The normalized spacial score (nSPS) is 11.9. The number of rotatable bonds is 3. The Morgan fingerprint density at radius 1 is 1.50 bits per heavy atom. The van der Waals surface area contributed by atoms with Gasteiger partial charge in [-0.15, -0.1) is 10.2 Å². The Bertz CT molecular complexity index is 599. The molecule has 5 nitrogen and oxygen atoms in total. The maximum absolute atomic E-state index is 8.77. The van der Waals surface area contributed by atoms with Crippen molar-refractivity contribution in [3.8, 4) is 6.07 Å². The van der Waals surface area contributed by atoms with Crippen molar-refractivity contribution >= 4 is 17.3 Å². The van der Waals surface area contributed by atoms with Crippen LogP contribution in [-0.4, -0.2) is 14.8 Å². The number of nitrogens with zero attached hydrogens (tertiary/aromatic N) is 4. The van der Waals surface area contributed by atoms with Crippen LogP contribution in [0.15, 0.2) is 24.5 Å². The number of hydrogen-bond donors (Lipinski definition) is 1. The van der Waals surface area contributed by atoms with Gasteiger partial charge in [0, 0.05) is 7.05 Å². The molecule has 1 heterocycles. The molecular weight excluding hydrogens is 250 g/mol. The first-order valence-electron chi connectivity index (χ1n) is 5.42. The summed E-state index contributed by atoms with van der Waals surface area (Å²) in [6.07, 6.45) is 1.65. The van der Waals surface area contributed by atoms with E-state index < -0.39 is 0 Å². The van der Waals surface area contributed by atoms with Crippen LogP contribution in [-0.2, 0) is 7.05 Å². The Morgan fingerprint density at radius 3 is 2.83 bits per heavy atom. The van der Waals surface area contributed by atoms with E-state index >= 15 is 0 Å². The minimum atomic E-state index is -0.0251. The van der Waals surface area contributed by atoms with Crippen molar-refractivity contribution in [1.82, 2.24) is 14.8 Å². The number of aryl methyl sites for hydroxylation is 1. The molecule has 2 aromatic rings. The highest BCUT2D eigenvalue weighted by Crippen LogP contribution is 2.26. The molecule has 18 heavy (non-hydrogen) atoms. The van der Waals surface area contributed by atoms with E-state index in [0.29, 0.717) is 10.6 Å². The lowest BCUT2D eigenvalue weighted by molar-refractivity contribution is 0.719. The SMILES string of the molecule is CC(Nc1ccc(C#N)cc1Cl)c1nncn1C. The van der Waals surface area contributed by atoms with Crippen LogP contribution in [0.3, 0.4) is 0 Å². The fraction of sp³-hybridized carbons (Fsp3) is 0.250. The summed E-state index contributed by atoms with van der Waals surface area (Å²) in [6, 6.07) is 7.16. The zero-order valence-electron chi connectivity index (χ0n) is 10.1. The molecule has 1 aromatic heterocycles. The number of halogens is 1. The third-order valence-corrected chi connectivity index (χ3v) is 2.92. The quantitative estimate of drug-likeness (QED) is 0.922. The fourth-order valence-electron chi connectivity index (χ4n) is 1.68. The van der Waals surface area contributed by atoms with Gasteiger partial charge in [-0.1, -0.05) is 11.6 Å². The molecule has 0 spiro atoms. The first-order chi connectivity index (χ1) is 8.61. The van der Waals surface area contributed by atoms with Crippen LogP contribution in [0.25, 0.3) is 0 Å². The second-order valence-corrected chi connectivity index (χ2v) is 4.38. The highest BCUT2D eigenvalue weighted by Gasteiger charge is 2.12. The van der Waals surface area contributed by atoms with Crippen LogP contribution < -0.4 is 5.32 Å². The van der Waals surface area contributed by atoms with Crippen molar-refractivity contribution in [2.24, 2.45) is 7.05 Å². The zero-order chi connectivity index (χ0) is 13.1. The summed E-state index contributed by atoms with van der Waals surface area (Å²) in [6.45, 7) is 1.97. The molecule has 2 rings (SSSR count). The van der Waals surface area contributed by atoms with E-state index in [0.717, 1.165) is 11.5 Å². The Labute approximate surface area is 110 Å². The molecule has 0 radical (unpaired) electrons. The number of anilines is 1. The lowest BCUT2D eigenvalue weighted by atomic mass is 10.2. The summed E-state index contributed by atoms with van der Waals surface area (Å²) in [5, 5.41) is 20.4. The van der Waals surface area contributed by atoms with Gasteiger partial charge in [0.15, 0.2) is 5.82 Å². The largest absolute Gasteiger partial charge is 0.374 e. The standard InChI is InChI=1S/C12H12ClN5/c1-8(12-17-15-7-18(12)2)16-11-4-3-9(6-14)5-10(11)13/h3-5,7-8,16H,1-2H3. The third kappa shape index (κ3) is 2.44. The van der Waals surface area contributed by atoms with E-state index in [4.69, 9.17) is 16.9 Å². The molecule has 6 heteroatoms. The van der Waals surface area contributed by atoms with Gasteiger partial charge in [0.1, 0.15) is 6.33 Å². The first-order valence-corrected chi connectivity index (χ1v) is 5.79. The van der Waals surface area contributed by atoms with Crippen molar-refractivity contribution in [1.29, 1.82) is 5.26 Å². The van der Waals surface area contributed by atoms with Crippen molar-refractivity contribution in [3.63, 3.8) is 0 Å². The maximum atomic E-state index is 8.77. The number of hydrogen-bond acceptors (Lipinski definition) is 4. The highest BCUT2D eigenvalue weighted by atomic mass is 35.5. The van der Waals surface area contributed by atoms with Crippen molar-refractivity contribution < 1.29 is 0 Å². The minimum absolute atomic E-state index is 0.0251. The zero-order valence-corrected chi connectivity index (χ0v) is 10.8. The molecule has 92 valence electrons. The number of nitrogens with one attached hydrogen (secondary N) is 1. The van der Waals surface area contributed by atoms with Gasteiger partial charge in [0.05, 0.1) is 28.4 Å². The van der Waals surface area contributed by atoms with E-state index in [1.54, 1.807) is 24.5 Å². The van der Waals surface area contributed by atoms with E-state index in [2.05, 4.69) is 15.5 Å². The second-order valence-electron chi connectivity index (χ2n) is 3.97. The Balaban J connectivity index is 2.20. The number of nitriles is 1. The summed E-state index contributed by atoms with van der Waals surface area (Å²) in [7, 11) is 1.88. The van der Waals surface area contributed by atoms with Gasteiger partial charge in [-0.25, -0.2) is 0 Å². The third-order valence-electron chi connectivity index (χ3n) is 2.60. The van der Waals surface area contributed by atoms with Crippen LogP contribution in [0.2, 0.25) is 5.02 Å². The Hall–Kier alpha value is -2.06. The summed E-state index contributed by atoms with van der Waals surface area (Å²) >= 11 is 6.10. The van der Waals surface area contributed by atoms with E-state index in [1.165, 1.54) is 0 Å². The molecule has 1 N–H and O–H groups in total. The molecular formula is C12H12ClN5. The van der Waals surface area contributed by atoms with Crippen LogP contribution >= 0.6 is 11.6 Å². The summed E-state index contributed by atoms with van der Waals surface area (Å²) in [5.41, 5.74) is 1.31. The molecule has 0 saturated heterocycles. The van der Waals surface area contributed by atoms with Gasteiger partial charge >= 0.3 is 0 Å². The minimum Gasteiger partial charge on any atom is -0.374 e. The molecule has 0 aliphatic rings. The van der Waals surface area contributed by atoms with Crippen LogP contribution in [0.5, 0.6) is 0 Å². The lowest BCUT2D eigenvalue weighted by Gasteiger charge is -2.15. The van der Waals surface area contributed by atoms with Crippen molar-refractivity contribution in [3.05, 3.63) is 40.9 Å². The molecule has 0 aliphatic carbocycles. The monoisotopic (exact) mass is 261 g/mol. The van der Waals surface area contributed by atoms with Crippen LogP contribution in [0, 0.1) is 11.3 Å². The average molecular weight is 262 g/mol. The van der Waals surface area contributed by atoms with Gasteiger partial charge in [-0.3, -0.25) is 0 Å². The molecule has 0 fully saturated rings. The molecule has 0 amide bonds. The van der Waals surface area contributed by atoms with Gasteiger partial charge in [-0.05, 0) is 25.1 Å². The summed E-state index contributed by atoms with van der Waals surface area (Å²) in [5.74, 6) is 0.815. The topological polar surface area (TPSA) is 66.5 Å². The predicted octanol–water partition coefficient (Wildman–Crippen LogP) is 2.51. The van der Waals surface area contributed by atoms with Gasteiger partial charge in [-0.2, -0.15) is 5.26 Å². The molecule has 1 atom stereocenters. The number of aromatic nitrogens is 3. The Kier molecular flexibility index (Phi) is 3.49. The van der Waals surface area contributed by atoms with Gasteiger partial charge in [0.25, 0.3) is 0 Å². The smallest absolute Gasteiger partial charge is 0.154 e. The lowest BCUT2D eigenvalue weighted by Crippen LogP contribution is -2.12. The van der Waals surface area contributed by atoms with Gasteiger partial charge in [0.2, 0.25) is 0 Å².